The second kappa shape index (κ2) is 5.29. The highest BCUT2D eigenvalue weighted by Gasteiger charge is 2.11. The molecule has 3 heterocycles. The van der Waals surface area contributed by atoms with Gasteiger partial charge in [-0.2, -0.15) is 5.10 Å². The van der Waals surface area contributed by atoms with Gasteiger partial charge in [-0.3, -0.25) is 5.10 Å². The molecule has 4 aromatic rings. The summed E-state index contributed by atoms with van der Waals surface area (Å²) in [5.41, 5.74) is 9.68. The van der Waals surface area contributed by atoms with Gasteiger partial charge in [0, 0.05) is 23.5 Å². The van der Waals surface area contributed by atoms with Crippen LogP contribution in [0.1, 0.15) is 0 Å². The summed E-state index contributed by atoms with van der Waals surface area (Å²) in [6.45, 7) is 0.504. The number of aliphatic hydroxyl groups excluding tert-OH is 1. The number of nitrogens with one attached hydrogen (secondary N) is 3. The molecular formula is C16H16N6O. The van der Waals surface area contributed by atoms with Crippen molar-refractivity contribution < 1.29 is 5.11 Å². The average Bonchev–Trinajstić information content (AvgIpc) is 3.19. The van der Waals surface area contributed by atoms with Crippen LogP contribution in [-0.2, 0) is 0 Å². The summed E-state index contributed by atoms with van der Waals surface area (Å²) >= 11 is 0. The minimum Gasteiger partial charge on any atom is -0.395 e. The first-order chi connectivity index (χ1) is 11.3. The zero-order valence-corrected chi connectivity index (χ0v) is 12.3. The topological polar surface area (TPSA) is 116 Å². The zero-order valence-electron chi connectivity index (χ0n) is 12.3. The number of nitrogens with zero attached hydrogens (tertiary/aromatic N) is 2. The number of benzene rings is 1. The maximum absolute atomic E-state index is 8.99. The first-order valence-electron chi connectivity index (χ1n) is 7.33. The first-order valence-corrected chi connectivity index (χ1v) is 7.33. The minimum atomic E-state index is 0.0529. The lowest BCUT2D eigenvalue weighted by Crippen LogP contribution is -2.07. The summed E-state index contributed by atoms with van der Waals surface area (Å²) in [6, 6.07) is 9.98. The number of hydrogen-bond acceptors (Lipinski definition) is 5. The maximum Gasteiger partial charge on any atom is 0.153 e. The van der Waals surface area contributed by atoms with Crippen molar-refractivity contribution in [3.8, 4) is 11.1 Å². The Bertz CT molecular complexity index is 987. The molecule has 116 valence electrons. The van der Waals surface area contributed by atoms with Crippen molar-refractivity contribution in [2.24, 2.45) is 0 Å². The molecule has 0 aliphatic rings. The molecule has 7 nitrogen and oxygen atoms in total. The minimum absolute atomic E-state index is 0.0529. The van der Waals surface area contributed by atoms with Crippen LogP contribution in [0.25, 0.3) is 33.1 Å². The molecule has 0 aliphatic carbocycles. The fourth-order valence-corrected chi connectivity index (χ4v) is 2.75. The highest BCUT2D eigenvalue weighted by atomic mass is 16.3. The Morgan fingerprint density at radius 2 is 2.09 bits per heavy atom. The summed E-state index contributed by atoms with van der Waals surface area (Å²) < 4.78 is 0. The molecule has 0 fully saturated rings. The molecule has 0 atom stereocenters. The SMILES string of the molecule is Nc1n[nH]c2ccc(-c3cc(NCCO)nc4[nH]ccc34)cc12. The largest absolute Gasteiger partial charge is 0.395 e. The van der Waals surface area contributed by atoms with E-state index in [9.17, 15) is 0 Å². The van der Waals surface area contributed by atoms with Crippen molar-refractivity contribution in [3.05, 3.63) is 36.5 Å². The van der Waals surface area contributed by atoms with Gasteiger partial charge in [-0.05, 0) is 35.4 Å². The lowest BCUT2D eigenvalue weighted by Gasteiger charge is -2.09. The number of aromatic nitrogens is 4. The number of hydrogen-bond donors (Lipinski definition) is 5. The van der Waals surface area contributed by atoms with E-state index in [0.717, 1.165) is 33.1 Å². The summed E-state index contributed by atoms with van der Waals surface area (Å²) in [7, 11) is 0. The number of nitrogens with two attached hydrogens (primary N) is 1. The van der Waals surface area contributed by atoms with E-state index in [-0.39, 0.29) is 6.61 Å². The third kappa shape index (κ3) is 2.27. The Kier molecular flexibility index (Phi) is 3.13. The van der Waals surface area contributed by atoms with Crippen LogP contribution >= 0.6 is 0 Å². The van der Waals surface area contributed by atoms with Crippen LogP contribution in [-0.4, -0.2) is 38.4 Å². The Balaban J connectivity index is 1.90. The molecule has 0 bridgehead atoms. The molecule has 0 radical (unpaired) electrons. The van der Waals surface area contributed by atoms with E-state index in [4.69, 9.17) is 10.8 Å². The fourth-order valence-electron chi connectivity index (χ4n) is 2.75. The van der Waals surface area contributed by atoms with E-state index < -0.39 is 0 Å². The molecule has 6 N–H and O–H groups in total. The highest BCUT2D eigenvalue weighted by Crippen LogP contribution is 2.32. The highest BCUT2D eigenvalue weighted by molar-refractivity contribution is 5.99. The fraction of sp³-hybridized carbons (Fsp3) is 0.125. The van der Waals surface area contributed by atoms with Crippen LogP contribution in [0.4, 0.5) is 11.6 Å². The van der Waals surface area contributed by atoms with E-state index in [1.165, 1.54) is 0 Å². The van der Waals surface area contributed by atoms with Crippen LogP contribution in [0.2, 0.25) is 0 Å². The molecule has 0 saturated heterocycles. The van der Waals surface area contributed by atoms with Crippen molar-refractivity contribution in [3.63, 3.8) is 0 Å². The normalized spacial score (nSPS) is 11.3. The second-order valence-corrected chi connectivity index (χ2v) is 5.31. The Morgan fingerprint density at radius 3 is 2.96 bits per heavy atom. The van der Waals surface area contributed by atoms with Gasteiger partial charge in [0.25, 0.3) is 0 Å². The quantitative estimate of drug-likeness (QED) is 0.396. The number of fused-ring (bicyclic) bond motifs is 2. The van der Waals surface area contributed by atoms with Gasteiger partial charge in [-0.1, -0.05) is 6.07 Å². The molecule has 0 saturated carbocycles. The Morgan fingerprint density at radius 1 is 1.17 bits per heavy atom. The summed E-state index contributed by atoms with van der Waals surface area (Å²) in [6.07, 6.45) is 1.86. The van der Waals surface area contributed by atoms with Crippen LogP contribution in [0.3, 0.4) is 0 Å². The van der Waals surface area contributed by atoms with Gasteiger partial charge in [-0.25, -0.2) is 4.98 Å². The van der Waals surface area contributed by atoms with Crippen molar-refractivity contribution in [2.75, 3.05) is 24.2 Å². The van der Waals surface area contributed by atoms with E-state index in [1.807, 2.05) is 36.5 Å². The van der Waals surface area contributed by atoms with E-state index >= 15 is 0 Å². The Labute approximate surface area is 131 Å². The summed E-state index contributed by atoms with van der Waals surface area (Å²) in [4.78, 5) is 7.64. The van der Waals surface area contributed by atoms with Gasteiger partial charge in [-0.15, -0.1) is 0 Å². The van der Waals surface area contributed by atoms with Gasteiger partial charge in [0.1, 0.15) is 11.5 Å². The molecule has 7 heteroatoms. The van der Waals surface area contributed by atoms with Crippen molar-refractivity contribution in [1.29, 1.82) is 0 Å². The van der Waals surface area contributed by atoms with Crippen LogP contribution in [0.15, 0.2) is 36.5 Å². The third-order valence-electron chi connectivity index (χ3n) is 3.85. The van der Waals surface area contributed by atoms with E-state index in [0.29, 0.717) is 18.2 Å². The number of aliphatic hydroxyl groups is 1. The van der Waals surface area contributed by atoms with Gasteiger partial charge in [0.15, 0.2) is 5.82 Å². The number of H-pyrrole nitrogens is 2. The van der Waals surface area contributed by atoms with Crippen LogP contribution in [0, 0.1) is 0 Å². The molecule has 3 aromatic heterocycles. The van der Waals surface area contributed by atoms with Gasteiger partial charge in [0.2, 0.25) is 0 Å². The predicted molar refractivity (Wildman–Crippen MR) is 91.2 cm³/mol. The van der Waals surface area contributed by atoms with E-state index in [2.05, 4.69) is 25.5 Å². The molecule has 0 aliphatic heterocycles. The number of rotatable bonds is 4. The van der Waals surface area contributed by atoms with Crippen molar-refractivity contribution in [1.82, 2.24) is 20.2 Å². The third-order valence-corrected chi connectivity index (χ3v) is 3.85. The molecule has 0 spiro atoms. The number of anilines is 2. The van der Waals surface area contributed by atoms with E-state index in [1.54, 1.807) is 0 Å². The van der Waals surface area contributed by atoms with Gasteiger partial charge >= 0.3 is 0 Å². The monoisotopic (exact) mass is 308 g/mol. The number of nitrogen functional groups attached to an aromatic ring is 1. The second-order valence-electron chi connectivity index (χ2n) is 5.31. The smallest absolute Gasteiger partial charge is 0.153 e. The number of pyridine rings is 1. The van der Waals surface area contributed by atoms with Crippen molar-refractivity contribution in [2.45, 2.75) is 0 Å². The number of aromatic amines is 2. The first kappa shape index (κ1) is 13.6. The molecule has 23 heavy (non-hydrogen) atoms. The molecule has 1 aromatic carbocycles. The lowest BCUT2D eigenvalue weighted by atomic mass is 10.0. The predicted octanol–water partition coefficient (Wildman–Crippen LogP) is 2.09. The van der Waals surface area contributed by atoms with Gasteiger partial charge in [0.05, 0.1) is 12.1 Å². The summed E-state index contributed by atoms with van der Waals surface area (Å²) in [5.74, 6) is 1.20. The Hall–Kier alpha value is -3.06. The summed E-state index contributed by atoms with van der Waals surface area (Å²) in [5, 5.41) is 21.0. The molecule has 0 amide bonds. The maximum atomic E-state index is 8.99. The molecular weight excluding hydrogens is 292 g/mol. The standard InChI is InChI=1S/C16H16N6O/c17-15-12-7-9(1-2-13(12)21-22-15)11-8-14(18-5-6-23)20-16-10(11)3-4-19-16/h1-4,7-8,23H,5-6H2,(H3,17,21,22)(H2,18,19,20). The lowest BCUT2D eigenvalue weighted by molar-refractivity contribution is 0.311. The molecule has 4 rings (SSSR count). The average molecular weight is 308 g/mol. The van der Waals surface area contributed by atoms with Crippen LogP contribution < -0.4 is 11.1 Å². The van der Waals surface area contributed by atoms with Crippen LogP contribution in [0.5, 0.6) is 0 Å². The van der Waals surface area contributed by atoms with Crippen molar-refractivity contribution >= 4 is 33.6 Å². The zero-order chi connectivity index (χ0) is 15.8. The van der Waals surface area contributed by atoms with Gasteiger partial charge < -0.3 is 21.1 Å². The molecule has 0 unspecified atom stereocenters.